The Hall–Kier alpha value is -1.00. The maximum Gasteiger partial charge on any atom is 0.147 e. The fraction of sp³-hybridized carbons (Fsp3) is 0. The van der Waals surface area contributed by atoms with Crippen LogP contribution in [0.25, 0.3) is 0 Å². The SMILES string of the molecule is NC(=S)c1ccc(Oc2cc(Cl)c(Cl)cc2Cl)cc1. The summed E-state index contributed by atoms with van der Waals surface area (Å²) in [6.45, 7) is 0. The van der Waals surface area contributed by atoms with Crippen LogP contribution >= 0.6 is 47.0 Å². The van der Waals surface area contributed by atoms with Gasteiger partial charge in [0.1, 0.15) is 16.5 Å². The smallest absolute Gasteiger partial charge is 0.147 e. The van der Waals surface area contributed by atoms with Gasteiger partial charge in [-0.25, -0.2) is 0 Å². The van der Waals surface area contributed by atoms with E-state index in [4.69, 9.17) is 57.5 Å². The van der Waals surface area contributed by atoms with Crippen molar-refractivity contribution in [2.45, 2.75) is 0 Å². The lowest BCUT2D eigenvalue weighted by molar-refractivity contribution is 0.483. The van der Waals surface area contributed by atoms with Crippen molar-refractivity contribution in [2.75, 3.05) is 0 Å². The van der Waals surface area contributed by atoms with Crippen molar-refractivity contribution in [3.63, 3.8) is 0 Å². The first-order valence-electron chi connectivity index (χ1n) is 5.19. The molecule has 98 valence electrons. The van der Waals surface area contributed by atoms with Crippen LogP contribution in [-0.4, -0.2) is 4.99 Å². The summed E-state index contributed by atoms with van der Waals surface area (Å²) in [6.07, 6.45) is 0. The Labute approximate surface area is 131 Å². The molecule has 0 radical (unpaired) electrons. The minimum atomic E-state index is 0.333. The predicted octanol–water partition coefficient (Wildman–Crippen LogP) is 5.07. The topological polar surface area (TPSA) is 35.2 Å². The highest BCUT2D eigenvalue weighted by molar-refractivity contribution is 7.80. The molecule has 0 aliphatic heterocycles. The van der Waals surface area contributed by atoms with Gasteiger partial charge in [0.15, 0.2) is 0 Å². The van der Waals surface area contributed by atoms with Gasteiger partial charge in [0.2, 0.25) is 0 Å². The van der Waals surface area contributed by atoms with Crippen LogP contribution in [0.2, 0.25) is 15.1 Å². The monoisotopic (exact) mass is 331 g/mol. The summed E-state index contributed by atoms with van der Waals surface area (Å²) in [5.74, 6) is 1.03. The number of hydrogen-bond donors (Lipinski definition) is 1. The van der Waals surface area contributed by atoms with E-state index in [0.29, 0.717) is 31.6 Å². The average molecular weight is 333 g/mol. The summed E-state index contributed by atoms with van der Waals surface area (Å²) in [6, 6.07) is 10.1. The molecule has 6 heteroatoms. The number of thiocarbonyl (C=S) groups is 1. The normalized spacial score (nSPS) is 10.3. The molecule has 0 saturated carbocycles. The second kappa shape index (κ2) is 5.97. The van der Waals surface area contributed by atoms with Crippen LogP contribution in [0.3, 0.4) is 0 Å². The quantitative estimate of drug-likeness (QED) is 0.629. The van der Waals surface area contributed by atoms with Gasteiger partial charge in [-0.3, -0.25) is 0 Å². The molecule has 19 heavy (non-hydrogen) atoms. The minimum absolute atomic E-state index is 0.333. The lowest BCUT2D eigenvalue weighted by Crippen LogP contribution is -2.08. The fourth-order valence-corrected chi connectivity index (χ4v) is 2.11. The van der Waals surface area contributed by atoms with Gasteiger partial charge in [0.25, 0.3) is 0 Å². The molecule has 0 aromatic heterocycles. The highest BCUT2D eigenvalue weighted by Gasteiger charge is 2.08. The Kier molecular flexibility index (Phi) is 4.53. The van der Waals surface area contributed by atoms with Crippen LogP contribution in [0.4, 0.5) is 0 Å². The second-order valence-electron chi connectivity index (χ2n) is 3.69. The van der Waals surface area contributed by atoms with E-state index >= 15 is 0 Å². The molecule has 0 heterocycles. The minimum Gasteiger partial charge on any atom is -0.456 e. The van der Waals surface area contributed by atoms with Crippen LogP contribution in [0, 0.1) is 0 Å². The fourth-order valence-electron chi connectivity index (χ4n) is 1.40. The van der Waals surface area contributed by atoms with Gasteiger partial charge in [-0.2, -0.15) is 0 Å². The Bertz CT molecular complexity index is 629. The van der Waals surface area contributed by atoms with Crippen molar-refractivity contribution in [3.05, 3.63) is 57.0 Å². The maximum absolute atomic E-state index is 6.02. The van der Waals surface area contributed by atoms with Crippen LogP contribution < -0.4 is 10.5 Å². The molecule has 0 fully saturated rings. The largest absolute Gasteiger partial charge is 0.456 e. The molecule has 0 bridgehead atoms. The third-order valence-corrected chi connectivity index (χ3v) is 3.59. The third kappa shape index (κ3) is 3.51. The van der Waals surface area contributed by atoms with E-state index in [1.165, 1.54) is 6.07 Å². The standard InChI is InChI=1S/C13H8Cl3NOS/c14-9-5-11(16)12(6-10(9)15)18-8-3-1-7(2-4-8)13(17)19/h1-6H,(H2,17,19). The van der Waals surface area contributed by atoms with Gasteiger partial charge in [0.05, 0.1) is 15.1 Å². The van der Waals surface area contributed by atoms with Gasteiger partial charge >= 0.3 is 0 Å². The number of ether oxygens (including phenoxy) is 1. The van der Waals surface area contributed by atoms with E-state index in [9.17, 15) is 0 Å². The van der Waals surface area contributed by atoms with Crippen molar-refractivity contribution in [3.8, 4) is 11.5 Å². The zero-order valence-corrected chi connectivity index (χ0v) is 12.6. The molecule has 0 spiro atoms. The molecule has 0 unspecified atom stereocenters. The van der Waals surface area contributed by atoms with Crippen molar-refractivity contribution < 1.29 is 4.74 Å². The lowest BCUT2D eigenvalue weighted by atomic mass is 10.2. The molecule has 0 aliphatic rings. The second-order valence-corrected chi connectivity index (χ2v) is 5.35. The average Bonchev–Trinajstić information content (AvgIpc) is 2.36. The summed E-state index contributed by atoms with van der Waals surface area (Å²) in [5, 5.41) is 1.14. The lowest BCUT2D eigenvalue weighted by Gasteiger charge is -2.09. The Balaban J connectivity index is 2.26. The highest BCUT2D eigenvalue weighted by atomic mass is 35.5. The number of nitrogens with two attached hydrogens (primary N) is 1. The summed E-state index contributed by atoms with van der Waals surface area (Å²) >= 11 is 22.7. The van der Waals surface area contributed by atoms with Crippen molar-refractivity contribution >= 4 is 52.0 Å². The maximum atomic E-state index is 6.02. The predicted molar refractivity (Wildman–Crippen MR) is 83.9 cm³/mol. The van der Waals surface area contributed by atoms with Gasteiger partial charge < -0.3 is 10.5 Å². The molecule has 0 saturated heterocycles. The Morgan fingerprint density at radius 3 is 2.11 bits per heavy atom. The van der Waals surface area contributed by atoms with E-state index in [0.717, 1.165) is 5.56 Å². The Morgan fingerprint density at radius 2 is 1.53 bits per heavy atom. The molecule has 0 amide bonds. The molecular formula is C13H8Cl3NOS. The molecule has 2 N–H and O–H groups in total. The first kappa shape index (κ1) is 14.4. The third-order valence-electron chi connectivity index (χ3n) is 2.34. The zero-order valence-electron chi connectivity index (χ0n) is 9.49. The van der Waals surface area contributed by atoms with Gasteiger partial charge in [-0.05, 0) is 30.3 Å². The van der Waals surface area contributed by atoms with E-state index < -0.39 is 0 Å². The summed E-state index contributed by atoms with van der Waals surface area (Å²) in [5.41, 5.74) is 6.28. The molecule has 2 rings (SSSR count). The van der Waals surface area contributed by atoms with Crippen LogP contribution in [0.15, 0.2) is 36.4 Å². The Morgan fingerprint density at radius 1 is 0.947 bits per heavy atom. The van der Waals surface area contributed by atoms with Gasteiger partial charge in [-0.15, -0.1) is 0 Å². The first-order valence-corrected chi connectivity index (χ1v) is 6.74. The van der Waals surface area contributed by atoms with E-state index in [1.807, 2.05) is 0 Å². The first-order chi connectivity index (χ1) is 8.97. The van der Waals surface area contributed by atoms with E-state index in [-0.39, 0.29) is 0 Å². The number of benzene rings is 2. The van der Waals surface area contributed by atoms with Crippen LogP contribution in [-0.2, 0) is 0 Å². The van der Waals surface area contributed by atoms with Crippen LogP contribution in [0.5, 0.6) is 11.5 Å². The molecule has 0 atom stereocenters. The summed E-state index contributed by atoms with van der Waals surface area (Å²) < 4.78 is 5.62. The summed E-state index contributed by atoms with van der Waals surface area (Å²) in [7, 11) is 0. The van der Waals surface area contributed by atoms with Crippen molar-refractivity contribution in [2.24, 2.45) is 5.73 Å². The molecular weight excluding hydrogens is 325 g/mol. The number of rotatable bonds is 3. The highest BCUT2D eigenvalue weighted by Crippen LogP contribution is 2.36. The van der Waals surface area contributed by atoms with Gasteiger partial charge in [0, 0.05) is 11.6 Å². The van der Waals surface area contributed by atoms with Crippen molar-refractivity contribution in [1.29, 1.82) is 0 Å². The van der Waals surface area contributed by atoms with Crippen LogP contribution in [0.1, 0.15) is 5.56 Å². The zero-order chi connectivity index (χ0) is 14.0. The number of hydrogen-bond acceptors (Lipinski definition) is 2. The molecule has 2 aromatic rings. The van der Waals surface area contributed by atoms with Crippen molar-refractivity contribution in [1.82, 2.24) is 0 Å². The van der Waals surface area contributed by atoms with Gasteiger partial charge in [-0.1, -0.05) is 47.0 Å². The summed E-state index contributed by atoms with van der Waals surface area (Å²) in [4.78, 5) is 0.333. The number of halogens is 3. The molecule has 0 aliphatic carbocycles. The van der Waals surface area contributed by atoms with E-state index in [1.54, 1.807) is 30.3 Å². The molecule has 2 nitrogen and oxygen atoms in total. The van der Waals surface area contributed by atoms with E-state index in [2.05, 4.69) is 0 Å². The molecule has 2 aromatic carbocycles.